The predicted octanol–water partition coefficient (Wildman–Crippen LogP) is 1.36. The second-order valence-electron chi connectivity index (χ2n) is 2.51. The Labute approximate surface area is 74.1 Å². The maximum atomic E-state index is 4.95. The molecule has 1 N–H and O–H groups in total. The maximum absolute atomic E-state index is 4.95. The summed E-state index contributed by atoms with van der Waals surface area (Å²) in [5.74, 6) is 1.19. The molecule has 0 fully saturated rings. The third-order valence-electron chi connectivity index (χ3n) is 1.60. The van der Waals surface area contributed by atoms with Crippen molar-refractivity contribution in [3.8, 4) is 0 Å². The van der Waals surface area contributed by atoms with E-state index in [-0.39, 0.29) is 0 Å². The second-order valence-corrected chi connectivity index (χ2v) is 3.42. The van der Waals surface area contributed by atoms with Gasteiger partial charge in [-0.1, -0.05) is 6.92 Å². The smallest absolute Gasteiger partial charge is 0.0587 e. The predicted molar refractivity (Wildman–Crippen MR) is 52.3 cm³/mol. The molecular weight excluding hydrogens is 158 g/mol. The number of thioether (sulfide) groups is 1. The highest BCUT2D eigenvalue weighted by molar-refractivity contribution is 7.98. The molecule has 0 bridgehead atoms. The van der Waals surface area contributed by atoms with Crippen molar-refractivity contribution in [3.05, 3.63) is 0 Å². The third kappa shape index (κ3) is 6.66. The van der Waals surface area contributed by atoms with Gasteiger partial charge in [0, 0.05) is 25.4 Å². The molecule has 11 heavy (non-hydrogen) atoms. The molecule has 1 unspecified atom stereocenters. The lowest BCUT2D eigenvalue weighted by Crippen LogP contribution is -2.33. The molecule has 0 saturated carbocycles. The quantitative estimate of drug-likeness (QED) is 0.593. The van der Waals surface area contributed by atoms with Crippen LogP contribution in [0.2, 0.25) is 0 Å². The zero-order chi connectivity index (χ0) is 8.53. The van der Waals surface area contributed by atoms with E-state index in [2.05, 4.69) is 18.5 Å². The van der Waals surface area contributed by atoms with Crippen molar-refractivity contribution in [1.82, 2.24) is 5.32 Å². The fourth-order valence-corrected chi connectivity index (χ4v) is 1.64. The minimum absolute atomic E-state index is 0.653. The number of nitrogens with one attached hydrogen (secondary N) is 1. The van der Waals surface area contributed by atoms with Gasteiger partial charge in [0.1, 0.15) is 0 Å². The summed E-state index contributed by atoms with van der Waals surface area (Å²) in [6, 6.07) is 0.653. The fourth-order valence-electron chi connectivity index (χ4n) is 0.887. The van der Waals surface area contributed by atoms with Crippen molar-refractivity contribution in [1.29, 1.82) is 0 Å². The van der Waals surface area contributed by atoms with E-state index in [4.69, 9.17) is 4.74 Å². The largest absolute Gasteiger partial charge is 0.383 e. The molecule has 2 nitrogen and oxygen atoms in total. The zero-order valence-corrected chi connectivity index (χ0v) is 8.54. The first-order valence-electron chi connectivity index (χ1n) is 4.06. The van der Waals surface area contributed by atoms with Crippen molar-refractivity contribution in [3.63, 3.8) is 0 Å². The molecule has 1 atom stereocenters. The van der Waals surface area contributed by atoms with Gasteiger partial charge < -0.3 is 10.1 Å². The Morgan fingerprint density at radius 1 is 1.55 bits per heavy atom. The van der Waals surface area contributed by atoms with Crippen LogP contribution in [-0.4, -0.2) is 38.3 Å². The lowest BCUT2D eigenvalue weighted by atomic mass is 10.2. The Bertz CT molecular complexity index is 80.5. The van der Waals surface area contributed by atoms with Crippen molar-refractivity contribution >= 4 is 11.8 Å². The van der Waals surface area contributed by atoms with Crippen molar-refractivity contribution < 1.29 is 4.74 Å². The third-order valence-corrected chi connectivity index (χ3v) is 2.34. The molecule has 0 aromatic heterocycles. The van der Waals surface area contributed by atoms with Gasteiger partial charge in [-0.15, -0.1) is 0 Å². The van der Waals surface area contributed by atoms with E-state index in [1.54, 1.807) is 7.11 Å². The normalized spacial score (nSPS) is 13.4. The Balaban J connectivity index is 3.20. The highest BCUT2D eigenvalue weighted by Crippen LogP contribution is 1.99. The summed E-state index contributed by atoms with van der Waals surface area (Å²) in [5.41, 5.74) is 0. The summed E-state index contributed by atoms with van der Waals surface area (Å²) in [4.78, 5) is 0. The van der Waals surface area contributed by atoms with Gasteiger partial charge in [0.2, 0.25) is 0 Å². The maximum Gasteiger partial charge on any atom is 0.0587 e. The molecule has 0 aromatic carbocycles. The molecule has 68 valence electrons. The van der Waals surface area contributed by atoms with Gasteiger partial charge in [0.05, 0.1) is 6.61 Å². The molecule has 0 aromatic rings. The Hall–Kier alpha value is 0.270. The number of rotatable bonds is 7. The molecule has 0 rings (SSSR count). The highest BCUT2D eigenvalue weighted by Gasteiger charge is 2.02. The monoisotopic (exact) mass is 177 g/mol. The van der Waals surface area contributed by atoms with Gasteiger partial charge in [-0.3, -0.25) is 0 Å². The van der Waals surface area contributed by atoms with Crippen LogP contribution in [0.15, 0.2) is 0 Å². The summed E-state index contributed by atoms with van der Waals surface area (Å²) in [6.07, 6.45) is 3.34. The summed E-state index contributed by atoms with van der Waals surface area (Å²) >= 11 is 1.89. The highest BCUT2D eigenvalue weighted by atomic mass is 32.2. The van der Waals surface area contributed by atoms with Gasteiger partial charge in [-0.05, 0) is 12.7 Å². The topological polar surface area (TPSA) is 21.3 Å². The van der Waals surface area contributed by atoms with Crippen molar-refractivity contribution in [2.24, 2.45) is 0 Å². The first kappa shape index (κ1) is 11.3. The van der Waals surface area contributed by atoms with Crippen molar-refractivity contribution in [2.45, 2.75) is 19.4 Å². The number of ether oxygens (including phenoxy) is 1. The Kier molecular flexibility index (Phi) is 8.57. The van der Waals surface area contributed by atoms with Gasteiger partial charge in [-0.2, -0.15) is 11.8 Å². The molecule has 0 aliphatic carbocycles. The fraction of sp³-hybridized carbons (Fsp3) is 1.00. The van der Waals surface area contributed by atoms with E-state index in [0.717, 1.165) is 13.2 Å². The summed E-state index contributed by atoms with van der Waals surface area (Å²) in [6.45, 7) is 3.99. The Morgan fingerprint density at radius 2 is 2.27 bits per heavy atom. The van der Waals surface area contributed by atoms with E-state index in [9.17, 15) is 0 Å². The standard InChI is InChI=1S/C8H19NOS/c1-4-8(7-11-3)9-5-6-10-2/h8-9H,4-7H2,1-3H3. The molecule has 0 spiro atoms. The molecule has 3 heteroatoms. The Morgan fingerprint density at radius 3 is 2.73 bits per heavy atom. The summed E-state index contributed by atoms with van der Waals surface area (Å²) in [7, 11) is 1.73. The van der Waals surface area contributed by atoms with Gasteiger partial charge in [0.25, 0.3) is 0 Å². The molecule has 0 aliphatic heterocycles. The van der Waals surface area contributed by atoms with Crippen LogP contribution < -0.4 is 5.32 Å². The molecule has 0 radical (unpaired) electrons. The number of methoxy groups -OCH3 is 1. The second kappa shape index (κ2) is 8.37. The molecule has 0 saturated heterocycles. The van der Waals surface area contributed by atoms with Crippen LogP contribution in [0.1, 0.15) is 13.3 Å². The minimum Gasteiger partial charge on any atom is -0.383 e. The lowest BCUT2D eigenvalue weighted by Gasteiger charge is -2.14. The zero-order valence-electron chi connectivity index (χ0n) is 7.72. The molecule has 0 heterocycles. The average molecular weight is 177 g/mol. The van der Waals surface area contributed by atoms with Crippen LogP contribution in [-0.2, 0) is 4.74 Å². The average Bonchev–Trinajstić information content (AvgIpc) is 2.03. The first-order valence-corrected chi connectivity index (χ1v) is 5.45. The van der Waals surface area contributed by atoms with Crippen LogP contribution >= 0.6 is 11.8 Å². The van der Waals surface area contributed by atoms with E-state index in [0.29, 0.717) is 6.04 Å². The van der Waals surface area contributed by atoms with E-state index in [1.165, 1.54) is 12.2 Å². The van der Waals surface area contributed by atoms with Crippen LogP contribution in [0, 0.1) is 0 Å². The van der Waals surface area contributed by atoms with Crippen LogP contribution in [0.4, 0.5) is 0 Å². The first-order chi connectivity index (χ1) is 5.35. The van der Waals surface area contributed by atoms with Gasteiger partial charge in [0.15, 0.2) is 0 Å². The van der Waals surface area contributed by atoms with E-state index < -0.39 is 0 Å². The number of hydrogen-bond acceptors (Lipinski definition) is 3. The minimum atomic E-state index is 0.653. The van der Waals surface area contributed by atoms with E-state index >= 15 is 0 Å². The SMILES string of the molecule is CCC(CSC)NCCOC. The van der Waals surface area contributed by atoms with Gasteiger partial charge >= 0.3 is 0 Å². The lowest BCUT2D eigenvalue weighted by molar-refractivity contribution is 0.196. The summed E-state index contributed by atoms with van der Waals surface area (Å²) in [5, 5.41) is 3.43. The molecular formula is C8H19NOS. The van der Waals surface area contributed by atoms with Gasteiger partial charge in [-0.25, -0.2) is 0 Å². The van der Waals surface area contributed by atoms with Crippen LogP contribution in [0.5, 0.6) is 0 Å². The summed E-state index contributed by atoms with van der Waals surface area (Å²) < 4.78 is 4.95. The van der Waals surface area contributed by atoms with E-state index in [1.807, 2.05) is 11.8 Å². The van der Waals surface area contributed by atoms with Crippen LogP contribution in [0.25, 0.3) is 0 Å². The van der Waals surface area contributed by atoms with Crippen LogP contribution in [0.3, 0.4) is 0 Å². The molecule has 0 aliphatic rings. The molecule has 0 amide bonds. The number of hydrogen-bond donors (Lipinski definition) is 1. The van der Waals surface area contributed by atoms with Crippen molar-refractivity contribution in [2.75, 3.05) is 32.3 Å².